The van der Waals surface area contributed by atoms with Gasteiger partial charge in [0, 0.05) is 19.2 Å². The Bertz CT molecular complexity index is 948. The van der Waals surface area contributed by atoms with Gasteiger partial charge < -0.3 is 4.74 Å². The number of thiophene rings is 1. The third-order valence-corrected chi connectivity index (χ3v) is 6.74. The lowest BCUT2D eigenvalue weighted by Crippen LogP contribution is -2.40. The molecule has 2 heterocycles. The minimum atomic E-state index is -3.55. The largest absolute Gasteiger partial charge is 0.379 e. The second-order valence-electron chi connectivity index (χ2n) is 5.84. The van der Waals surface area contributed by atoms with Gasteiger partial charge in [0.1, 0.15) is 0 Å². The smallest absolute Gasteiger partial charge is 0.279 e. The normalized spacial score (nSPS) is 15.4. The van der Waals surface area contributed by atoms with Gasteiger partial charge in [-0.25, -0.2) is 8.42 Å². The van der Waals surface area contributed by atoms with Gasteiger partial charge in [-0.1, -0.05) is 18.2 Å². The van der Waals surface area contributed by atoms with E-state index in [-0.39, 0.29) is 4.90 Å². The molecule has 0 bridgehead atoms. The van der Waals surface area contributed by atoms with Gasteiger partial charge >= 0.3 is 0 Å². The zero-order valence-corrected chi connectivity index (χ0v) is 16.5. The number of benzene rings is 1. The molecule has 2 N–H and O–H groups in total. The molecule has 1 aromatic carbocycles. The first kappa shape index (κ1) is 20.2. The summed E-state index contributed by atoms with van der Waals surface area (Å²) >= 11 is 1.27. The van der Waals surface area contributed by atoms with Gasteiger partial charge in [0.15, 0.2) is 0 Å². The molecule has 28 heavy (non-hydrogen) atoms. The van der Waals surface area contributed by atoms with E-state index < -0.39 is 21.8 Å². The van der Waals surface area contributed by atoms with E-state index in [1.165, 1.54) is 39.9 Å². The van der Waals surface area contributed by atoms with Crippen molar-refractivity contribution in [2.75, 3.05) is 26.3 Å². The van der Waals surface area contributed by atoms with Gasteiger partial charge in [0.05, 0.1) is 23.0 Å². The number of nitrogens with zero attached hydrogens (tertiary/aromatic N) is 1. The maximum absolute atomic E-state index is 12.6. The van der Waals surface area contributed by atoms with Gasteiger partial charge in [0.2, 0.25) is 10.0 Å². The Labute approximate surface area is 166 Å². The maximum Gasteiger partial charge on any atom is 0.279 e. The van der Waals surface area contributed by atoms with Crippen LogP contribution < -0.4 is 10.9 Å². The van der Waals surface area contributed by atoms with Crippen LogP contribution in [0.5, 0.6) is 0 Å². The predicted octanol–water partition coefficient (Wildman–Crippen LogP) is 1.24. The summed E-state index contributed by atoms with van der Waals surface area (Å²) in [5, 5.41) is 1.76. The Morgan fingerprint density at radius 3 is 2.43 bits per heavy atom. The van der Waals surface area contributed by atoms with Crippen molar-refractivity contribution in [3.8, 4) is 0 Å². The number of hydrogen-bond acceptors (Lipinski definition) is 6. The molecule has 1 aliphatic rings. The van der Waals surface area contributed by atoms with Crippen LogP contribution in [-0.2, 0) is 19.6 Å². The summed E-state index contributed by atoms with van der Waals surface area (Å²) in [6, 6.07) is 9.61. The Hall–Kier alpha value is -2.53. The molecule has 1 fully saturated rings. The SMILES string of the molecule is O=C(/C=C/c1ccc(S(=O)(=O)N2CCOCC2)cc1)NNC(=O)c1cccs1. The van der Waals surface area contributed by atoms with Crippen molar-refractivity contribution in [3.63, 3.8) is 0 Å². The van der Waals surface area contributed by atoms with Crippen molar-refractivity contribution in [1.82, 2.24) is 15.2 Å². The number of amides is 2. The fourth-order valence-corrected chi connectivity index (χ4v) is 4.52. The van der Waals surface area contributed by atoms with Gasteiger partial charge in [0.25, 0.3) is 11.8 Å². The minimum absolute atomic E-state index is 0.194. The lowest BCUT2D eigenvalue weighted by Gasteiger charge is -2.26. The molecule has 0 aliphatic carbocycles. The van der Waals surface area contributed by atoms with Crippen molar-refractivity contribution < 1.29 is 22.7 Å². The molecular weight excluding hydrogens is 402 g/mol. The average Bonchev–Trinajstić information content (AvgIpc) is 3.26. The molecule has 148 valence electrons. The molecule has 8 nitrogen and oxygen atoms in total. The highest BCUT2D eigenvalue weighted by atomic mass is 32.2. The van der Waals surface area contributed by atoms with E-state index in [1.54, 1.807) is 29.6 Å². The van der Waals surface area contributed by atoms with E-state index in [1.807, 2.05) is 0 Å². The van der Waals surface area contributed by atoms with E-state index >= 15 is 0 Å². The van der Waals surface area contributed by atoms with Crippen LogP contribution in [0.1, 0.15) is 15.2 Å². The summed E-state index contributed by atoms with van der Waals surface area (Å²) < 4.78 is 31.7. The van der Waals surface area contributed by atoms with Crippen LogP contribution in [0.25, 0.3) is 6.08 Å². The number of morpholine rings is 1. The average molecular weight is 422 g/mol. The molecule has 0 saturated carbocycles. The molecule has 2 amide bonds. The number of hydrazine groups is 1. The highest BCUT2D eigenvalue weighted by Crippen LogP contribution is 2.18. The first-order chi connectivity index (χ1) is 13.5. The van der Waals surface area contributed by atoms with Gasteiger partial charge in [-0.15, -0.1) is 11.3 Å². The Morgan fingerprint density at radius 2 is 1.79 bits per heavy atom. The van der Waals surface area contributed by atoms with Crippen LogP contribution in [-0.4, -0.2) is 50.8 Å². The second kappa shape index (κ2) is 9.11. The number of sulfonamides is 1. The molecular formula is C18H19N3O5S2. The van der Waals surface area contributed by atoms with E-state index in [2.05, 4.69) is 10.9 Å². The fraction of sp³-hybridized carbons (Fsp3) is 0.222. The van der Waals surface area contributed by atoms with Gasteiger partial charge in [-0.05, 0) is 35.2 Å². The molecule has 1 saturated heterocycles. The third kappa shape index (κ3) is 5.04. The van der Waals surface area contributed by atoms with Crippen LogP contribution in [0.2, 0.25) is 0 Å². The zero-order chi connectivity index (χ0) is 20.0. The van der Waals surface area contributed by atoms with Crippen LogP contribution in [0, 0.1) is 0 Å². The second-order valence-corrected chi connectivity index (χ2v) is 8.73. The Balaban J connectivity index is 1.56. The predicted molar refractivity (Wildman–Crippen MR) is 105 cm³/mol. The summed E-state index contributed by atoms with van der Waals surface area (Å²) in [4.78, 5) is 24.2. The number of carbonyl (C=O) groups is 2. The van der Waals surface area contributed by atoms with Crippen molar-refractivity contribution in [1.29, 1.82) is 0 Å². The lowest BCUT2D eigenvalue weighted by atomic mass is 10.2. The van der Waals surface area contributed by atoms with Crippen molar-refractivity contribution >= 4 is 39.3 Å². The van der Waals surface area contributed by atoms with Gasteiger partial charge in [-0.3, -0.25) is 20.4 Å². The Kier molecular flexibility index (Phi) is 6.57. The maximum atomic E-state index is 12.6. The zero-order valence-electron chi connectivity index (χ0n) is 14.8. The number of carbonyl (C=O) groups excluding carboxylic acids is 2. The molecule has 1 aromatic heterocycles. The summed E-state index contributed by atoms with van der Waals surface area (Å²) in [6.07, 6.45) is 2.78. The molecule has 10 heteroatoms. The van der Waals surface area contributed by atoms with E-state index in [0.29, 0.717) is 36.7 Å². The molecule has 0 atom stereocenters. The first-order valence-electron chi connectivity index (χ1n) is 8.47. The number of nitrogens with one attached hydrogen (secondary N) is 2. The Morgan fingerprint density at radius 1 is 1.07 bits per heavy atom. The molecule has 0 unspecified atom stereocenters. The van der Waals surface area contributed by atoms with E-state index in [4.69, 9.17) is 4.74 Å². The molecule has 2 aromatic rings. The van der Waals surface area contributed by atoms with Gasteiger partial charge in [-0.2, -0.15) is 4.31 Å². The molecule has 0 spiro atoms. The number of hydrogen-bond donors (Lipinski definition) is 2. The third-order valence-electron chi connectivity index (χ3n) is 3.96. The monoisotopic (exact) mass is 421 g/mol. The lowest BCUT2D eigenvalue weighted by molar-refractivity contribution is -0.117. The van der Waals surface area contributed by atoms with E-state index in [9.17, 15) is 18.0 Å². The van der Waals surface area contributed by atoms with Crippen LogP contribution >= 0.6 is 11.3 Å². The summed E-state index contributed by atoms with van der Waals surface area (Å²) in [6.45, 7) is 1.44. The van der Waals surface area contributed by atoms with E-state index in [0.717, 1.165) is 0 Å². The molecule has 1 aliphatic heterocycles. The number of ether oxygens (including phenoxy) is 1. The van der Waals surface area contributed by atoms with Crippen molar-refractivity contribution in [2.45, 2.75) is 4.90 Å². The first-order valence-corrected chi connectivity index (χ1v) is 10.8. The standard InChI is InChI=1S/C18H19N3O5S2/c22-17(19-20-18(23)16-2-1-13-27-16)8-5-14-3-6-15(7-4-14)28(24,25)21-9-11-26-12-10-21/h1-8,13H,9-12H2,(H,19,22)(H,20,23)/b8-5+. The molecule has 3 rings (SSSR count). The highest BCUT2D eigenvalue weighted by Gasteiger charge is 2.25. The van der Waals surface area contributed by atoms with Crippen LogP contribution in [0.15, 0.2) is 52.7 Å². The quantitative estimate of drug-likeness (QED) is 0.558. The van der Waals surface area contributed by atoms with Crippen LogP contribution in [0.4, 0.5) is 0 Å². The number of rotatable bonds is 5. The van der Waals surface area contributed by atoms with Crippen molar-refractivity contribution in [2.24, 2.45) is 0 Å². The van der Waals surface area contributed by atoms with Crippen LogP contribution in [0.3, 0.4) is 0 Å². The topological polar surface area (TPSA) is 105 Å². The highest BCUT2D eigenvalue weighted by molar-refractivity contribution is 7.89. The summed E-state index contributed by atoms with van der Waals surface area (Å²) in [7, 11) is -3.55. The molecule has 0 radical (unpaired) electrons. The van der Waals surface area contributed by atoms with Crippen molar-refractivity contribution in [3.05, 3.63) is 58.3 Å². The fourth-order valence-electron chi connectivity index (χ4n) is 2.49. The summed E-state index contributed by atoms with van der Waals surface area (Å²) in [5.41, 5.74) is 5.25. The minimum Gasteiger partial charge on any atom is -0.379 e. The summed E-state index contributed by atoms with van der Waals surface area (Å²) in [5.74, 6) is -0.899.